The molecule has 1 unspecified atom stereocenters. The highest BCUT2D eigenvalue weighted by molar-refractivity contribution is 5.77. The predicted octanol–water partition coefficient (Wildman–Crippen LogP) is 4.00. The fraction of sp³-hybridized carbons (Fsp3) is 0.652. The lowest BCUT2D eigenvalue weighted by Gasteiger charge is -2.28. The Bertz CT molecular complexity index is 782. The monoisotopic (exact) mass is 435 g/mol. The first kappa shape index (κ1) is 24.8. The number of hydrogen-bond donors (Lipinski definition) is 4. The molecule has 1 aromatic rings. The number of alkyl carbamates (subject to hydrolysis) is 1. The minimum Gasteiger partial charge on any atom is -0.465 e. The molecule has 2 rings (SSSR count). The maximum absolute atomic E-state index is 11.9. The molecular formula is C23H37N3O5. The normalized spacial score (nSPS) is 17.9. The summed E-state index contributed by atoms with van der Waals surface area (Å²) in [6, 6.07) is 5.80. The minimum absolute atomic E-state index is 0.0883. The summed E-state index contributed by atoms with van der Waals surface area (Å²) < 4.78 is 10.6. The van der Waals surface area contributed by atoms with E-state index in [1.165, 1.54) is 0 Å². The molecule has 0 fully saturated rings. The van der Waals surface area contributed by atoms with Gasteiger partial charge in [0, 0.05) is 6.54 Å². The van der Waals surface area contributed by atoms with Crippen molar-refractivity contribution in [2.45, 2.75) is 78.6 Å². The van der Waals surface area contributed by atoms with E-state index in [1.54, 1.807) is 0 Å². The third kappa shape index (κ3) is 7.61. The summed E-state index contributed by atoms with van der Waals surface area (Å²) in [6.45, 7) is 11.6. The number of nitrogens with one attached hydrogen (secondary N) is 3. The van der Waals surface area contributed by atoms with Crippen molar-refractivity contribution in [3.63, 3.8) is 0 Å². The molecule has 0 aliphatic carbocycles. The number of hydrogen-bond acceptors (Lipinski definition) is 7. The number of ether oxygens (including phenoxy) is 2. The number of carbonyl (C=O) groups excluding carboxylic acids is 2. The molecule has 0 spiro atoms. The molecule has 1 aromatic carbocycles. The maximum atomic E-state index is 11.9. The Morgan fingerprint density at radius 2 is 1.74 bits per heavy atom. The second kappa shape index (κ2) is 9.77. The Balaban J connectivity index is 1.85. The van der Waals surface area contributed by atoms with E-state index in [0.717, 1.165) is 23.4 Å². The fourth-order valence-electron chi connectivity index (χ4n) is 3.14. The second-order valence-electron chi connectivity index (χ2n) is 10.1. The van der Waals surface area contributed by atoms with Crippen molar-refractivity contribution in [2.75, 3.05) is 23.8 Å². The number of aliphatic hydroxyl groups excluding tert-OH is 1. The SMILES string of the molecule is CC(C)(C)OC(=O)NCc1ccc2c(c1)NC(CO)(CCCCOC(=O)C(C)(C)C)N2. The number of benzene rings is 1. The van der Waals surface area contributed by atoms with Gasteiger partial charge in [0.25, 0.3) is 0 Å². The number of unbranched alkanes of at least 4 members (excludes halogenated alkanes) is 1. The smallest absolute Gasteiger partial charge is 0.407 e. The molecule has 8 nitrogen and oxygen atoms in total. The zero-order valence-corrected chi connectivity index (χ0v) is 19.6. The van der Waals surface area contributed by atoms with Gasteiger partial charge in [-0.2, -0.15) is 0 Å². The topological polar surface area (TPSA) is 109 Å². The summed E-state index contributed by atoms with van der Waals surface area (Å²) in [5, 5.41) is 19.5. The Morgan fingerprint density at radius 1 is 1.06 bits per heavy atom. The van der Waals surface area contributed by atoms with Crippen LogP contribution >= 0.6 is 0 Å². The summed E-state index contributed by atoms with van der Waals surface area (Å²) in [4.78, 5) is 23.7. The number of carbonyl (C=O) groups is 2. The second-order valence-corrected chi connectivity index (χ2v) is 10.1. The van der Waals surface area contributed by atoms with Crippen LogP contribution in [0.4, 0.5) is 16.2 Å². The predicted molar refractivity (Wildman–Crippen MR) is 121 cm³/mol. The molecule has 0 saturated heterocycles. The third-order valence-electron chi connectivity index (χ3n) is 4.78. The molecule has 0 aromatic heterocycles. The van der Waals surface area contributed by atoms with Crippen LogP contribution in [0.15, 0.2) is 18.2 Å². The largest absolute Gasteiger partial charge is 0.465 e. The van der Waals surface area contributed by atoms with Crippen molar-refractivity contribution in [1.82, 2.24) is 5.32 Å². The molecule has 8 heteroatoms. The van der Waals surface area contributed by atoms with E-state index < -0.39 is 22.8 Å². The quantitative estimate of drug-likeness (QED) is 0.361. The highest BCUT2D eigenvalue weighted by Crippen LogP contribution is 2.37. The average Bonchev–Trinajstić information content (AvgIpc) is 3.02. The van der Waals surface area contributed by atoms with Crippen LogP contribution in [0.5, 0.6) is 0 Å². The molecule has 1 atom stereocenters. The van der Waals surface area contributed by atoms with Crippen molar-refractivity contribution >= 4 is 23.4 Å². The molecule has 174 valence electrons. The van der Waals surface area contributed by atoms with E-state index >= 15 is 0 Å². The zero-order chi connectivity index (χ0) is 23.3. The first-order valence-electron chi connectivity index (χ1n) is 10.8. The molecule has 31 heavy (non-hydrogen) atoms. The van der Waals surface area contributed by atoms with E-state index in [9.17, 15) is 14.7 Å². The van der Waals surface area contributed by atoms with Crippen LogP contribution in [0.2, 0.25) is 0 Å². The van der Waals surface area contributed by atoms with Gasteiger partial charge in [-0.1, -0.05) is 6.07 Å². The van der Waals surface area contributed by atoms with Crippen LogP contribution in [0.25, 0.3) is 0 Å². The van der Waals surface area contributed by atoms with Crippen molar-refractivity contribution in [2.24, 2.45) is 5.41 Å². The lowest BCUT2D eigenvalue weighted by molar-refractivity contribution is -0.153. The molecule has 1 aliphatic heterocycles. The van der Waals surface area contributed by atoms with Crippen molar-refractivity contribution < 1.29 is 24.2 Å². The molecule has 1 heterocycles. The van der Waals surface area contributed by atoms with E-state index in [4.69, 9.17) is 9.47 Å². The lowest BCUT2D eigenvalue weighted by atomic mass is 9.97. The van der Waals surface area contributed by atoms with Crippen molar-refractivity contribution in [3.05, 3.63) is 23.8 Å². The van der Waals surface area contributed by atoms with Crippen LogP contribution in [0, 0.1) is 5.41 Å². The van der Waals surface area contributed by atoms with Gasteiger partial charge < -0.3 is 30.5 Å². The van der Waals surface area contributed by atoms with Gasteiger partial charge in [0.1, 0.15) is 11.3 Å². The number of anilines is 2. The minimum atomic E-state index is -0.659. The van der Waals surface area contributed by atoms with Crippen LogP contribution in [-0.2, 0) is 20.8 Å². The number of aliphatic hydroxyl groups is 1. The lowest BCUT2D eigenvalue weighted by Crippen LogP contribution is -2.45. The first-order valence-corrected chi connectivity index (χ1v) is 10.8. The summed E-state index contributed by atoms with van der Waals surface area (Å²) >= 11 is 0. The summed E-state index contributed by atoms with van der Waals surface area (Å²) in [7, 11) is 0. The highest BCUT2D eigenvalue weighted by atomic mass is 16.6. The Kier molecular flexibility index (Phi) is 7.81. The summed E-state index contributed by atoms with van der Waals surface area (Å²) in [5.74, 6) is -0.207. The van der Waals surface area contributed by atoms with Crippen molar-refractivity contribution in [3.8, 4) is 0 Å². The van der Waals surface area contributed by atoms with E-state index in [0.29, 0.717) is 26.0 Å². The highest BCUT2D eigenvalue weighted by Gasteiger charge is 2.35. The van der Waals surface area contributed by atoms with Gasteiger partial charge >= 0.3 is 12.1 Å². The average molecular weight is 436 g/mol. The molecule has 1 aliphatic rings. The number of fused-ring (bicyclic) bond motifs is 1. The third-order valence-corrected chi connectivity index (χ3v) is 4.78. The van der Waals surface area contributed by atoms with Gasteiger partial charge in [-0.25, -0.2) is 4.79 Å². The molecule has 0 radical (unpaired) electrons. The first-order chi connectivity index (χ1) is 14.3. The Labute approximate surface area is 185 Å². The van der Waals surface area contributed by atoms with Crippen molar-refractivity contribution in [1.29, 1.82) is 0 Å². The molecule has 4 N–H and O–H groups in total. The standard InChI is InChI=1S/C23H37N3O5/c1-21(2,3)19(28)30-12-8-7-11-23(15-27)25-17-10-9-16(13-18(17)26-23)14-24-20(29)31-22(4,5)6/h9-10,13,25-27H,7-8,11-12,14-15H2,1-6H3,(H,24,29). The van der Waals surface area contributed by atoms with Gasteiger partial charge in [-0.3, -0.25) is 4.79 Å². The number of amides is 1. The van der Waals surface area contributed by atoms with Crippen LogP contribution in [-0.4, -0.2) is 41.6 Å². The number of esters is 1. The Morgan fingerprint density at radius 3 is 2.35 bits per heavy atom. The van der Waals surface area contributed by atoms with Crippen LogP contribution in [0.3, 0.4) is 0 Å². The summed E-state index contributed by atoms with van der Waals surface area (Å²) in [6.07, 6.45) is 1.69. The summed E-state index contributed by atoms with van der Waals surface area (Å²) in [5.41, 5.74) is 0.985. The molecule has 0 bridgehead atoms. The fourth-order valence-corrected chi connectivity index (χ4v) is 3.14. The van der Waals surface area contributed by atoms with Gasteiger partial charge in [0.2, 0.25) is 0 Å². The van der Waals surface area contributed by atoms with E-state index in [1.807, 2.05) is 59.7 Å². The van der Waals surface area contributed by atoms with E-state index in [-0.39, 0.29) is 12.6 Å². The van der Waals surface area contributed by atoms with Gasteiger partial charge in [-0.05, 0) is 78.5 Å². The molecule has 0 saturated carbocycles. The maximum Gasteiger partial charge on any atom is 0.407 e. The van der Waals surface area contributed by atoms with Gasteiger partial charge in [-0.15, -0.1) is 0 Å². The van der Waals surface area contributed by atoms with Crippen LogP contribution < -0.4 is 16.0 Å². The number of rotatable bonds is 8. The van der Waals surface area contributed by atoms with E-state index in [2.05, 4.69) is 16.0 Å². The molecular weight excluding hydrogens is 398 g/mol. The molecule has 1 amide bonds. The zero-order valence-electron chi connectivity index (χ0n) is 19.6. The van der Waals surface area contributed by atoms with Crippen LogP contribution in [0.1, 0.15) is 66.4 Å². The van der Waals surface area contributed by atoms with Gasteiger partial charge in [0.05, 0.1) is 30.0 Å². The van der Waals surface area contributed by atoms with Gasteiger partial charge in [0.15, 0.2) is 0 Å². The Hall–Kier alpha value is -2.48.